The third-order valence-corrected chi connectivity index (χ3v) is 4.85. The Morgan fingerprint density at radius 1 is 0.947 bits per heavy atom. The van der Waals surface area contributed by atoms with Crippen LogP contribution in [0.5, 0.6) is 0 Å². The topological polar surface area (TPSA) is 59.6 Å². The number of hydrazine groups is 1. The second-order valence-corrected chi connectivity index (χ2v) is 6.33. The van der Waals surface area contributed by atoms with Gasteiger partial charge in [0.25, 0.3) is 0 Å². The fraction of sp³-hybridized carbons (Fsp3) is 1.00. The summed E-state index contributed by atoms with van der Waals surface area (Å²) in [5.74, 6) is 0. The number of nitrogens with one attached hydrogen (secondary N) is 3. The summed E-state index contributed by atoms with van der Waals surface area (Å²) in [6, 6.07) is 0.473. The minimum Gasteiger partial charge on any atom is -0.374 e. The summed E-state index contributed by atoms with van der Waals surface area (Å²) >= 11 is 0. The number of fused-ring (bicyclic) bond motifs is 4. The van der Waals surface area contributed by atoms with E-state index >= 15 is 0 Å². The maximum atomic E-state index is 11.0. The van der Waals surface area contributed by atoms with Crippen LogP contribution in [0.15, 0.2) is 0 Å². The quantitative estimate of drug-likeness (QED) is 0.516. The van der Waals surface area contributed by atoms with Crippen molar-refractivity contribution in [2.45, 2.75) is 69.3 Å². The fourth-order valence-corrected chi connectivity index (χ4v) is 3.80. The van der Waals surface area contributed by atoms with Crippen LogP contribution in [0.3, 0.4) is 0 Å². The Balaban J connectivity index is 1.73. The first-order valence-corrected chi connectivity index (χ1v) is 8.00. The SMILES string of the molecule is OC12CCNC(CCCCCCNC3CCNN31)C2. The first-order chi connectivity index (χ1) is 9.28. The van der Waals surface area contributed by atoms with Gasteiger partial charge in [-0.05, 0) is 32.4 Å². The lowest BCUT2D eigenvalue weighted by atomic mass is 9.91. The van der Waals surface area contributed by atoms with Crippen molar-refractivity contribution in [3.8, 4) is 0 Å². The highest BCUT2D eigenvalue weighted by Crippen LogP contribution is 2.30. The minimum atomic E-state index is -0.677. The lowest BCUT2D eigenvalue weighted by molar-refractivity contribution is -0.167. The molecule has 3 aliphatic heterocycles. The van der Waals surface area contributed by atoms with Crippen molar-refractivity contribution in [3.05, 3.63) is 0 Å². The lowest BCUT2D eigenvalue weighted by Crippen LogP contribution is -2.64. The molecule has 0 aromatic heterocycles. The van der Waals surface area contributed by atoms with E-state index < -0.39 is 5.72 Å². The van der Waals surface area contributed by atoms with Gasteiger partial charge >= 0.3 is 0 Å². The molecule has 0 radical (unpaired) electrons. The van der Waals surface area contributed by atoms with Crippen molar-refractivity contribution < 1.29 is 5.11 Å². The van der Waals surface area contributed by atoms with Crippen molar-refractivity contribution >= 4 is 0 Å². The van der Waals surface area contributed by atoms with E-state index in [4.69, 9.17) is 0 Å². The monoisotopic (exact) mass is 268 g/mol. The van der Waals surface area contributed by atoms with E-state index in [1.807, 2.05) is 0 Å². The van der Waals surface area contributed by atoms with Crippen LogP contribution >= 0.6 is 0 Å². The third kappa shape index (κ3) is 3.11. The van der Waals surface area contributed by atoms with Crippen LogP contribution < -0.4 is 16.1 Å². The van der Waals surface area contributed by atoms with Crippen molar-refractivity contribution in [2.24, 2.45) is 0 Å². The van der Waals surface area contributed by atoms with Crippen molar-refractivity contribution in [3.63, 3.8) is 0 Å². The van der Waals surface area contributed by atoms with Crippen molar-refractivity contribution in [1.29, 1.82) is 0 Å². The number of aliphatic hydroxyl groups is 1. The summed E-state index contributed by atoms with van der Waals surface area (Å²) in [6.45, 7) is 2.96. The Kier molecular flexibility index (Phi) is 4.39. The molecule has 3 heterocycles. The number of piperidine rings is 1. The number of rotatable bonds is 0. The second-order valence-electron chi connectivity index (χ2n) is 6.33. The zero-order valence-corrected chi connectivity index (χ0v) is 11.8. The number of hydrogen-bond acceptors (Lipinski definition) is 5. The highest BCUT2D eigenvalue weighted by Gasteiger charge is 2.44. The average molecular weight is 268 g/mol. The van der Waals surface area contributed by atoms with Crippen LogP contribution in [0.25, 0.3) is 0 Å². The van der Waals surface area contributed by atoms with Crippen LogP contribution in [0.4, 0.5) is 0 Å². The molecule has 3 unspecified atom stereocenters. The van der Waals surface area contributed by atoms with E-state index in [2.05, 4.69) is 21.1 Å². The summed E-state index contributed by atoms with van der Waals surface area (Å²) < 4.78 is 0. The van der Waals surface area contributed by atoms with E-state index in [0.29, 0.717) is 12.2 Å². The largest absolute Gasteiger partial charge is 0.374 e. The highest BCUT2D eigenvalue weighted by atomic mass is 16.3. The summed E-state index contributed by atoms with van der Waals surface area (Å²) in [4.78, 5) is 0. The van der Waals surface area contributed by atoms with Gasteiger partial charge in [0.2, 0.25) is 0 Å². The molecular weight excluding hydrogens is 240 g/mol. The molecule has 0 amide bonds. The standard InChI is InChI=1S/C14H28N4O/c19-14-7-10-15-12(11-14)5-3-1-2-4-8-16-13-6-9-17-18(13)14/h12-13,15-17,19H,1-11H2. The molecule has 3 rings (SSSR count). The van der Waals surface area contributed by atoms with E-state index in [1.54, 1.807) is 0 Å². The molecule has 110 valence electrons. The molecule has 19 heavy (non-hydrogen) atoms. The van der Waals surface area contributed by atoms with Gasteiger partial charge in [0.05, 0.1) is 6.17 Å². The van der Waals surface area contributed by atoms with Crippen LogP contribution in [0.1, 0.15) is 51.4 Å². The number of nitrogens with zero attached hydrogens (tertiary/aromatic N) is 1. The van der Waals surface area contributed by atoms with Crippen LogP contribution in [-0.2, 0) is 0 Å². The van der Waals surface area contributed by atoms with Gasteiger partial charge in [-0.1, -0.05) is 19.3 Å². The number of hydrogen-bond donors (Lipinski definition) is 4. The van der Waals surface area contributed by atoms with Gasteiger partial charge < -0.3 is 15.7 Å². The Hall–Kier alpha value is -0.200. The molecule has 3 aliphatic rings. The zero-order chi connectivity index (χ0) is 13.1. The molecule has 2 bridgehead atoms. The third-order valence-electron chi connectivity index (χ3n) is 4.85. The molecule has 4 N–H and O–H groups in total. The Morgan fingerprint density at radius 3 is 2.79 bits per heavy atom. The van der Waals surface area contributed by atoms with Gasteiger partial charge in [-0.3, -0.25) is 5.43 Å². The molecule has 3 atom stereocenters. The Bertz CT molecular complexity index is 301. The Morgan fingerprint density at radius 2 is 1.84 bits per heavy atom. The van der Waals surface area contributed by atoms with Gasteiger partial charge in [0.15, 0.2) is 0 Å². The molecular formula is C14H28N4O. The summed E-state index contributed by atoms with van der Waals surface area (Å²) in [5, 5.41) is 20.3. The van der Waals surface area contributed by atoms with Gasteiger partial charge in [-0.25, -0.2) is 0 Å². The van der Waals surface area contributed by atoms with Crippen LogP contribution in [0, 0.1) is 0 Å². The molecule has 5 heteroatoms. The predicted molar refractivity (Wildman–Crippen MR) is 75.3 cm³/mol. The van der Waals surface area contributed by atoms with Gasteiger partial charge in [0.1, 0.15) is 5.72 Å². The maximum absolute atomic E-state index is 11.0. The van der Waals surface area contributed by atoms with Gasteiger partial charge in [-0.2, -0.15) is 5.01 Å². The molecule has 0 aliphatic carbocycles. The molecule has 3 saturated heterocycles. The van der Waals surface area contributed by atoms with E-state index in [1.165, 1.54) is 32.1 Å². The van der Waals surface area contributed by atoms with E-state index in [9.17, 15) is 5.11 Å². The normalized spacial score (nSPS) is 42.2. The summed E-state index contributed by atoms with van der Waals surface area (Å²) in [6.07, 6.45) is 9.42. The maximum Gasteiger partial charge on any atom is 0.135 e. The second kappa shape index (κ2) is 6.06. The minimum absolute atomic E-state index is 0.295. The Labute approximate surface area is 116 Å². The summed E-state index contributed by atoms with van der Waals surface area (Å²) in [5.41, 5.74) is 2.72. The van der Waals surface area contributed by atoms with Gasteiger partial charge in [-0.15, -0.1) is 0 Å². The molecule has 0 aromatic rings. The lowest BCUT2D eigenvalue weighted by Gasteiger charge is -2.46. The highest BCUT2D eigenvalue weighted by molar-refractivity contribution is 4.93. The van der Waals surface area contributed by atoms with Crippen LogP contribution in [-0.4, -0.2) is 47.7 Å². The van der Waals surface area contributed by atoms with Crippen LogP contribution in [0.2, 0.25) is 0 Å². The predicted octanol–water partition coefficient (Wildman–Crippen LogP) is 0.517. The van der Waals surface area contributed by atoms with Crippen molar-refractivity contribution in [1.82, 2.24) is 21.1 Å². The molecule has 5 nitrogen and oxygen atoms in total. The molecule has 0 aromatic carbocycles. The first kappa shape index (κ1) is 13.8. The zero-order valence-electron chi connectivity index (χ0n) is 11.8. The molecule has 3 fully saturated rings. The van der Waals surface area contributed by atoms with E-state index in [0.717, 1.165) is 38.9 Å². The molecule has 0 saturated carbocycles. The summed E-state index contributed by atoms with van der Waals surface area (Å²) in [7, 11) is 0. The van der Waals surface area contributed by atoms with E-state index in [-0.39, 0.29) is 0 Å². The fourth-order valence-electron chi connectivity index (χ4n) is 3.80. The van der Waals surface area contributed by atoms with Gasteiger partial charge in [0, 0.05) is 25.4 Å². The molecule has 0 spiro atoms. The first-order valence-electron chi connectivity index (χ1n) is 8.00. The smallest absolute Gasteiger partial charge is 0.135 e. The van der Waals surface area contributed by atoms with Crippen molar-refractivity contribution in [2.75, 3.05) is 19.6 Å². The average Bonchev–Trinajstić information content (AvgIpc) is 2.86.